The number of benzene rings is 4. The molecule has 4 aromatic carbocycles. The van der Waals surface area contributed by atoms with Crippen LogP contribution in [0.3, 0.4) is 0 Å². The number of para-hydroxylation sites is 2. The maximum atomic E-state index is 13.5. The van der Waals surface area contributed by atoms with Gasteiger partial charge >= 0.3 is 5.97 Å². The number of hydrogen-bond acceptors (Lipinski definition) is 8. The molecule has 43 heavy (non-hydrogen) atoms. The van der Waals surface area contributed by atoms with E-state index in [0.29, 0.717) is 58.5 Å². The predicted octanol–water partition coefficient (Wildman–Crippen LogP) is 6.39. The van der Waals surface area contributed by atoms with E-state index in [1.54, 1.807) is 38.5 Å². The monoisotopic (exact) mass is 578 g/mol. The van der Waals surface area contributed by atoms with Gasteiger partial charge in [-0.05, 0) is 48.0 Å². The van der Waals surface area contributed by atoms with Crippen molar-refractivity contribution >= 4 is 17.8 Å². The topological polar surface area (TPSA) is 89.5 Å². The number of fused-ring (bicyclic) bond motifs is 3. The molecule has 0 aromatic heterocycles. The zero-order valence-corrected chi connectivity index (χ0v) is 24.0. The van der Waals surface area contributed by atoms with Crippen molar-refractivity contribution in [3.8, 4) is 34.5 Å². The summed E-state index contributed by atoms with van der Waals surface area (Å²) in [5.41, 5.74) is 3.59. The molecule has 0 fully saturated rings. The number of ketones is 1. The van der Waals surface area contributed by atoms with E-state index < -0.39 is 5.92 Å². The fourth-order valence-electron chi connectivity index (χ4n) is 5.51. The maximum Gasteiger partial charge on any atom is 0.312 e. The normalized spacial score (nSPS) is 16.2. The molecule has 8 nitrogen and oxygen atoms in total. The van der Waals surface area contributed by atoms with E-state index in [1.165, 1.54) is 7.11 Å². The summed E-state index contributed by atoms with van der Waals surface area (Å²) in [6.07, 6.45) is 2.40. The lowest BCUT2D eigenvalue weighted by molar-refractivity contribution is -0.135. The molecule has 0 saturated carbocycles. The first kappa shape index (κ1) is 27.9. The van der Waals surface area contributed by atoms with E-state index in [9.17, 15) is 9.59 Å². The fraction of sp³-hybridized carbons (Fsp3) is 0.200. The standard InChI is InChI=1S/C35H30O8/c1-38-23-13-11-21(12-14-23)17-18-41-27-9-5-4-8-24(27)26-20-31(36)42-28-16-15-25-33(37)30(43-35(25)32(26)28)19-22-7-6-10-29(39-2)34(22)40-3/h4-16,19,26H,17-18,20H2,1-3H3/b30-19-/t26-/m0/s1. The van der Waals surface area contributed by atoms with Gasteiger partial charge in [-0.1, -0.05) is 42.5 Å². The highest BCUT2D eigenvalue weighted by Crippen LogP contribution is 2.50. The Kier molecular flexibility index (Phi) is 7.75. The summed E-state index contributed by atoms with van der Waals surface area (Å²) in [7, 11) is 4.73. The van der Waals surface area contributed by atoms with Crippen molar-refractivity contribution in [2.45, 2.75) is 18.8 Å². The summed E-state index contributed by atoms with van der Waals surface area (Å²) >= 11 is 0. The molecular formula is C35H30O8. The smallest absolute Gasteiger partial charge is 0.312 e. The van der Waals surface area contributed by atoms with Crippen LogP contribution in [0.1, 0.15) is 45.0 Å². The van der Waals surface area contributed by atoms with Crippen LogP contribution in [0.2, 0.25) is 0 Å². The lowest BCUT2D eigenvalue weighted by Gasteiger charge is -2.27. The molecule has 0 bridgehead atoms. The molecule has 8 heteroatoms. The summed E-state index contributed by atoms with van der Waals surface area (Å²) in [6.45, 7) is 0.435. The Labute approximate surface area is 249 Å². The van der Waals surface area contributed by atoms with Gasteiger partial charge in [-0.2, -0.15) is 0 Å². The zero-order chi connectivity index (χ0) is 29.9. The molecular weight excluding hydrogens is 548 g/mol. The number of carbonyl (C=O) groups is 2. The highest BCUT2D eigenvalue weighted by atomic mass is 16.5. The number of esters is 1. The van der Waals surface area contributed by atoms with Gasteiger partial charge in [0, 0.05) is 29.0 Å². The first-order chi connectivity index (χ1) is 21.0. The molecule has 0 unspecified atom stereocenters. The van der Waals surface area contributed by atoms with Crippen LogP contribution < -0.4 is 28.4 Å². The molecule has 1 atom stereocenters. The van der Waals surface area contributed by atoms with Crippen LogP contribution in [0, 0.1) is 0 Å². The molecule has 218 valence electrons. The van der Waals surface area contributed by atoms with Gasteiger partial charge in [-0.15, -0.1) is 0 Å². The van der Waals surface area contributed by atoms with Gasteiger partial charge in [-0.3, -0.25) is 9.59 Å². The molecule has 0 amide bonds. The van der Waals surface area contributed by atoms with E-state index in [4.69, 9.17) is 28.4 Å². The number of Topliss-reactive ketones (excluding diaryl/α,β-unsaturated/α-hetero) is 1. The molecule has 0 saturated heterocycles. The van der Waals surface area contributed by atoms with Crippen LogP contribution in [0.25, 0.3) is 6.08 Å². The number of ether oxygens (including phenoxy) is 6. The average Bonchev–Trinajstić information content (AvgIpc) is 3.35. The van der Waals surface area contributed by atoms with Gasteiger partial charge in [0.1, 0.15) is 23.0 Å². The lowest BCUT2D eigenvalue weighted by Crippen LogP contribution is -2.22. The second kappa shape index (κ2) is 11.9. The molecule has 6 rings (SSSR count). The summed E-state index contributed by atoms with van der Waals surface area (Å²) in [4.78, 5) is 26.3. The van der Waals surface area contributed by atoms with Gasteiger partial charge in [0.25, 0.3) is 0 Å². The number of rotatable bonds is 9. The summed E-state index contributed by atoms with van der Waals surface area (Å²) in [6, 6.07) is 24.2. The summed E-state index contributed by atoms with van der Waals surface area (Å²) < 4.78 is 34.3. The molecule has 0 spiro atoms. The maximum absolute atomic E-state index is 13.5. The van der Waals surface area contributed by atoms with E-state index in [1.807, 2.05) is 60.7 Å². The third-order valence-corrected chi connectivity index (χ3v) is 7.60. The van der Waals surface area contributed by atoms with E-state index in [0.717, 1.165) is 16.9 Å². The highest BCUT2D eigenvalue weighted by Gasteiger charge is 2.39. The van der Waals surface area contributed by atoms with Crippen molar-refractivity contribution in [1.82, 2.24) is 0 Å². The second-order valence-corrected chi connectivity index (χ2v) is 10.1. The Morgan fingerprint density at radius 3 is 2.37 bits per heavy atom. The van der Waals surface area contributed by atoms with E-state index in [2.05, 4.69) is 0 Å². The van der Waals surface area contributed by atoms with Crippen molar-refractivity contribution in [1.29, 1.82) is 0 Å². The van der Waals surface area contributed by atoms with Crippen molar-refractivity contribution < 1.29 is 38.0 Å². The third-order valence-electron chi connectivity index (χ3n) is 7.60. The molecule has 2 heterocycles. The number of hydrogen-bond donors (Lipinski definition) is 0. The van der Waals surface area contributed by atoms with Crippen LogP contribution in [-0.2, 0) is 11.2 Å². The largest absolute Gasteiger partial charge is 0.497 e. The Morgan fingerprint density at radius 2 is 1.60 bits per heavy atom. The molecule has 0 radical (unpaired) electrons. The first-order valence-corrected chi connectivity index (χ1v) is 13.9. The SMILES string of the molecule is COc1ccc(CCOc2ccccc2[C@@H]2CC(=O)Oc3ccc4c(c32)O/C(=C\c2cccc(OC)c2OC)C4=O)cc1. The summed E-state index contributed by atoms with van der Waals surface area (Å²) in [5, 5.41) is 0. The number of methoxy groups -OCH3 is 3. The third kappa shape index (κ3) is 5.39. The van der Waals surface area contributed by atoms with Gasteiger partial charge in [0.2, 0.25) is 5.78 Å². The van der Waals surface area contributed by atoms with Crippen LogP contribution in [0.5, 0.6) is 34.5 Å². The first-order valence-electron chi connectivity index (χ1n) is 13.9. The molecule has 0 aliphatic carbocycles. The van der Waals surface area contributed by atoms with Crippen LogP contribution in [-0.4, -0.2) is 39.7 Å². The van der Waals surface area contributed by atoms with E-state index >= 15 is 0 Å². The van der Waals surface area contributed by atoms with Crippen LogP contribution in [0.15, 0.2) is 84.6 Å². The van der Waals surface area contributed by atoms with Crippen LogP contribution in [0.4, 0.5) is 0 Å². The molecule has 0 N–H and O–H groups in total. The van der Waals surface area contributed by atoms with Crippen molar-refractivity contribution in [2.24, 2.45) is 0 Å². The molecule has 4 aromatic rings. The van der Waals surface area contributed by atoms with Gasteiger partial charge in [-0.25, -0.2) is 0 Å². The minimum absolute atomic E-state index is 0.0720. The predicted molar refractivity (Wildman–Crippen MR) is 160 cm³/mol. The Hall–Kier alpha value is -5.24. The highest BCUT2D eigenvalue weighted by molar-refractivity contribution is 6.15. The summed E-state index contributed by atoms with van der Waals surface area (Å²) in [5.74, 6) is 2.26. The second-order valence-electron chi connectivity index (χ2n) is 10.1. The Morgan fingerprint density at radius 1 is 0.814 bits per heavy atom. The minimum atomic E-state index is -0.443. The van der Waals surface area contributed by atoms with Gasteiger partial charge in [0.15, 0.2) is 17.3 Å². The number of allylic oxidation sites excluding steroid dienone is 1. The van der Waals surface area contributed by atoms with Crippen molar-refractivity contribution in [3.63, 3.8) is 0 Å². The average molecular weight is 579 g/mol. The molecule has 2 aliphatic rings. The van der Waals surface area contributed by atoms with Crippen molar-refractivity contribution in [3.05, 3.63) is 112 Å². The lowest BCUT2D eigenvalue weighted by atomic mass is 9.84. The van der Waals surface area contributed by atoms with Crippen molar-refractivity contribution in [2.75, 3.05) is 27.9 Å². The zero-order valence-electron chi connectivity index (χ0n) is 24.0. The fourth-order valence-corrected chi connectivity index (χ4v) is 5.51. The number of carbonyl (C=O) groups excluding carboxylic acids is 2. The van der Waals surface area contributed by atoms with E-state index in [-0.39, 0.29) is 23.9 Å². The Balaban J connectivity index is 1.33. The molecule has 2 aliphatic heterocycles. The van der Waals surface area contributed by atoms with Crippen LogP contribution >= 0.6 is 0 Å². The quantitative estimate of drug-likeness (QED) is 0.128. The van der Waals surface area contributed by atoms with Gasteiger partial charge < -0.3 is 28.4 Å². The minimum Gasteiger partial charge on any atom is -0.497 e. The Bertz CT molecular complexity index is 1720. The van der Waals surface area contributed by atoms with Gasteiger partial charge in [0.05, 0.1) is 39.9 Å².